The van der Waals surface area contributed by atoms with Gasteiger partial charge in [-0.3, -0.25) is 9.69 Å². The maximum atomic E-state index is 12.3. The van der Waals surface area contributed by atoms with E-state index >= 15 is 0 Å². The average Bonchev–Trinajstić information content (AvgIpc) is 2.58. The van der Waals surface area contributed by atoms with Crippen molar-refractivity contribution >= 4 is 34.8 Å². The SMILES string of the molecule is CN1CCN(Cc2ccc(NC(=O)c3ccc(Cl)cc3Cl)cc2)CC1. The van der Waals surface area contributed by atoms with E-state index in [0.717, 1.165) is 38.4 Å². The van der Waals surface area contributed by atoms with Crippen molar-refractivity contribution in [2.75, 3.05) is 38.5 Å². The maximum Gasteiger partial charge on any atom is 0.257 e. The molecule has 1 aliphatic rings. The predicted molar refractivity (Wildman–Crippen MR) is 104 cm³/mol. The highest BCUT2D eigenvalue weighted by Gasteiger charge is 2.14. The zero-order chi connectivity index (χ0) is 17.8. The molecule has 1 heterocycles. The Morgan fingerprint density at radius 1 is 1.04 bits per heavy atom. The molecule has 6 heteroatoms. The summed E-state index contributed by atoms with van der Waals surface area (Å²) in [5, 5.41) is 3.72. The Balaban J connectivity index is 1.59. The topological polar surface area (TPSA) is 35.6 Å². The minimum Gasteiger partial charge on any atom is -0.322 e. The maximum absolute atomic E-state index is 12.3. The number of amides is 1. The number of hydrogen-bond donors (Lipinski definition) is 1. The fourth-order valence-corrected chi connectivity index (χ4v) is 3.32. The molecular weight excluding hydrogens is 357 g/mol. The van der Waals surface area contributed by atoms with Crippen LogP contribution in [0.2, 0.25) is 10.0 Å². The van der Waals surface area contributed by atoms with E-state index in [-0.39, 0.29) is 5.91 Å². The Labute approximate surface area is 158 Å². The standard InChI is InChI=1S/C19H21Cl2N3O/c1-23-8-10-24(11-9-23)13-14-2-5-16(6-3-14)22-19(25)17-7-4-15(20)12-18(17)21/h2-7,12H,8-11,13H2,1H3,(H,22,25). The van der Waals surface area contributed by atoms with E-state index in [2.05, 4.69) is 34.3 Å². The van der Waals surface area contributed by atoms with Gasteiger partial charge >= 0.3 is 0 Å². The number of rotatable bonds is 4. The summed E-state index contributed by atoms with van der Waals surface area (Å²) in [5.74, 6) is -0.242. The zero-order valence-corrected chi connectivity index (χ0v) is 15.6. The number of likely N-dealkylation sites (N-methyl/N-ethyl adjacent to an activating group) is 1. The summed E-state index contributed by atoms with van der Waals surface area (Å²) in [4.78, 5) is 17.1. The molecule has 3 rings (SSSR count). The van der Waals surface area contributed by atoms with E-state index in [1.807, 2.05) is 12.1 Å². The van der Waals surface area contributed by atoms with Crippen LogP contribution in [0.15, 0.2) is 42.5 Å². The van der Waals surface area contributed by atoms with Crippen molar-refractivity contribution in [3.63, 3.8) is 0 Å². The first-order valence-corrected chi connectivity index (χ1v) is 9.03. The Morgan fingerprint density at radius 2 is 1.72 bits per heavy atom. The molecule has 0 spiro atoms. The van der Waals surface area contributed by atoms with Crippen LogP contribution in [0.3, 0.4) is 0 Å². The van der Waals surface area contributed by atoms with Crippen LogP contribution >= 0.6 is 23.2 Å². The first-order valence-electron chi connectivity index (χ1n) is 8.27. The number of nitrogens with one attached hydrogen (secondary N) is 1. The van der Waals surface area contributed by atoms with Gasteiger partial charge in [-0.15, -0.1) is 0 Å². The van der Waals surface area contributed by atoms with Crippen LogP contribution in [0.4, 0.5) is 5.69 Å². The molecule has 0 saturated carbocycles. The summed E-state index contributed by atoms with van der Waals surface area (Å²) in [6, 6.07) is 12.8. The third-order valence-corrected chi connectivity index (χ3v) is 4.94. The highest BCUT2D eigenvalue weighted by Crippen LogP contribution is 2.22. The van der Waals surface area contributed by atoms with E-state index in [1.54, 1.807) is 18.2 Å². The molecule has 2 aromatic carbocycles. The summed E-state index contributed by atoms with van der Waals surface area (Å²) in [7, 11) is 2.15. The van der Waals surface area contributed by atoms with Gasteiger partial charge in [-0.1, -0.05) is 35.3 Å². The number of carbonyl (C=O) groups excluding carboxylic acids is 1. The number of piperazine rings is 1. The number of benzene rings is 2. The normalized spacial score (nSPS) is 16.0. The highest BCUT2D eigenvalue weighted by molar-refractivity contribution is 6.37. The van der Waals surface area contributed by atoms with Crippen LogP contribution in [0, 0.1) is 0 Å². The van der Waals surface area contributed by atoms with E-state index in [4.69, 9.17) is 23.2 Å². The lowest BCUT2D eigenvalue weighted by Crippen LogP contribution is -2.43. The lowest BCUT2D eigenvalue weighted by Gasteiger charge is -2.32. The predicted octanol–water partition coefficient (Wildman–Crippen LogP) is 3.99. The highest BCUT2D eigenvalue weighted by atomic mass is 35.5. The fraction of sp³-hybridized carbons (Fsp3) is 0.316. The van der Waals surface area contributed by atoms with Gasteiger partial charge in [0.15, 0.2) is 0 Å². The molecule has 0 radical (unpaired) electrons. The van der Waals surface area contributed by atoms with Gasteiger partial charge in [0.25, 0.3) is 5.91 Å². The lowest BCUT2D eigenvalue weighted by molar-refractivity contribution is 0.102. The second kappa shape index (κ2) is 8.19. The van der Waals surface area contributed by atoms with Crippen LogP contribution in [0.5, 0.6) is 0 Å². The molecular formula is C19H21Cl2N3O. The quantitative estimate of drug-likeness (QED) is 0.874. The molecule has 132 valence electrons. The zero-order valence-electron chi connectivity index (χ0n) is 14.1. The molecule has 1 aliphatic heterocycles. The molecule has 1 fully saturated rings. The molecule has 0 atom stereocenters. The molecule has 0 aromatic heterocycles. The van der Waals surface area contributed by atoms with Gasteiger partial charge in [-0.05, 0) is 42.9 Å². The average molecular weight is 378 g/mol. The number of anilines is 1. The molecule has 2 aromatic rings. The van der Waals surface area contributed by atoms with Gasteiger partial charge in [-0.25, -0.2) is 0 Å². The molecule has 0 bridgehead atoms. The Bertz CT molecular complexity index is 741. The van der Waals surface area contributed by atoms with Crippen molar-refractivity contribution in [2.24, 2.45) is 0 Å². The summed E-state index contributed by atoms with van der Waals surface area (Å²) in [5.41, 5.74) is 2.40. The van der Waals surface area contributed by atoms with Crippen molar-refractivity contribution < 1.29 is 4.79 Å². The molecule has 0 unspecified atom stereocenters. The molecule has 25 heavy (non-hydrogen) atoms. The molecule has 0 aliphatic carbocycles. The van der Waals surface area contributed by atoms with Crippen molar-refractivity contribution in [3.05, 3.63) is 63.6 Å². The minimum absolute atomic E-state index is 0.242. The largest absolute Gasteiger partial charge is 0.322 e. The second-order valence-corrected chi connectivity index (χ2v) is 7.20. The van der Waals surface area contributed by atoms with Gasteiger partial charge in [0, 0.05) is 43.4 Å². The summed E-state index contributed by atoms with van der Waals surface area (Å²) >= 11 is 11.9. The van der Waals surface area contributed by atoms with Crippen LogP contribution in [0.25, 0.3) is 0 Å². The monoisotopic (exact) mass is 377 g/mol. The van der Waals surface area contributed by atoms with Gasteiger partial charge in [0.2, 0.25) is 0 Å². The Kier molecular flexibility index (Phi) is 5.97. The van der Waals surface area contributed by atoms with Crippen LogP contribution < -0.4 is 5.32 Å². The lowest BCUT2D eigenvalue weighted by atomic mass is 10.1. The van der Waals surface area contributed by atoms with Gasteiger partial charge in [0.1, 0.15) is 0 Å². The van der Waals surface area contributed by atoms with Crippen LogP contribution in [-0.4, -0.2) is 48.9 Å². The first kappa shape index (κ1) is 18.2. The summed E-state index contributed by atoms with van der Waals surface area (Å²) in [6.45, 7) is 5.32. The van der Waals surface area contributed by atoms with E-state index in [9.17, 15) is 4.79 Å². The number of hydrogen-bond acceptors (Lipinski definition) is 3. The molecule has 1 N–H and O–H groups in total. The second-order valence-electron chi connectivity index (χ2n) is 6.35. The molecule has 1 saturated heterocycles. The van der Waals surface area contributed by atoms with E-state index in [1.165, 1.54) is 5.56 Å². The van der Waals surface area contributed by atoms with Crippen molar-refractivity contribution in [1.82, 2.24) is 9.80 Å². The summed E-state index contributed by atoms with van der Waals surface area (Å²) in [6.07, 6.45) is 0. The van der Waals surface area contributed by atoms with Crippen LogP contribution in [-0.2, 0) is 6.54 Å². The number of nitrogens with zero attached hydrogens (tertiary/aromatic N) is 2. The van der Waals surface area contributed by atoms with Crippen LogP contribution in [0.1, 0.15) is 15.9 Å². The van der Waals surface area contributed by atoms with Crippen molar-refractivity contribution in [3.8, 4) is 0 Å². The number of carbonyl (C=O) groups is 1. The third-order valence-electron chi connectivity index (χ3n) is 4.39. The first-order chi connectivity index (χ1) is 12.0. The van der Waals surface area contributed by atoms with E-state index in [0.29, 0.717) is 15.6 Å². The van der Waals surface area contributed by atoms with Gasteiger partial charge in [0.05, 0.1) is 10.6 Å². The fourth-order valence-electron chi connectivity index (χ4n) is 2.83. The Hall–Kier alpha value is -1.59. The number of halogens is 2. The smallest absolute Gasteiger partial charge is 0.257 e. The van der Waals surface area contributed by atoms with Gasteiger partial charge in [-0.2, -0.15) is 0 Å². The Morgan fingerprint density at radius 3 is 2.36 bits per heavy atom. The van der Waals surface area contributed by atoms with Crippen molar-refractivity contribution in [2.45, 2.75) is 6.54 Å². The molecule has 4 nitrogen and oxygen atoms in total. The van der Waals surface area contributed by atoms with E-state index < -0.39 is 0 Å². The van der Waals surface area contributed by atoms with Crippen molar-refractivity contribution in [1.29, 1.82) is 0 Å². The third kappa shape index (κ3) is 4.95. The summed E-state index contributed by atoms with van der Waals surface area (Å²) < 4.78 is 0. The minimum atomic E-state index is -0.242. The van der Waals surface area contributed by atoms with Gasteiger partial charge < -0.3 is 10.2 Å². The molecule has 1 amide bonds.